The van der Waals surface area contributed by atoms with Gasteiger partial charge in [0.05, 0.1) is 0 Å². The van der Waals surface area contributed by atoms with E-state index in [1.54, 1.807) is 0 Å². The molecule has 0 aliphatic heterocycles. The SMILES string of the molecule is [B]c1ccccc1CCN. The molecule has 2 radical (unpaired) electrons. The van der Waals surface area contributed by atoms with Crippen molar-refractivity contribution >= 4 is 13.3 Å². The quantitative estimate of drug-likeness (QED) is 0.561. The Morgan fingerprint density at radius 3 is 2.60 bits per heavy atom. The Balaban J connectivity index is 2.81. The van der Waals surface area contributed by atoms with Gasteiger partial charge in [-0.3, -0.25) is 0 Å². The van der Waals surface area contributed by atoms with E-state index >= 15 is 0 Å². The first-order valence-electron chi connectivity index (χ1n) is 3.38. The maximum Gasteiger partial charge on any atom is 0.114 e. The molecular formula is C8H10BN. The number of rotatable bonds is 2. The smallest absolute Gasteiger partial charge is 0.114 e. The summed E-state index contributed by atoms with van der Waals surface area (Å²) in [7, 11) is 5.65. The van der Waals surface area contributed by atoms with Gasteiger partial charge >= 0.3 is 0 Å². The van der Waals surface area contributed by atoms with Crippen LogP contribution in [-0.2, 0) is 6.42 Å². The van der Waals surface area contributed by atoms with Crippen LogP contribution in [0, 0.1) is 0 Å². The minimum absolute atomic E-state index is 0.661. The second-order valence-corrected chi connectivity index (χ2v) is 2.24. The van der Waals surface area contributed by atoms with E-state index in [0.717, 1.165) is 17.4 Å². The van der Waals surface area contributed by atoms with Crippen molar-refractivity contribution in [1.82, 2.24) is 0 Å². The zero-order chi connectivity index (χ0) is 7.40. The minimum Gasteiger partial charge on any atom is -0.330 e. The van der Waals surface area contributed by atoms with Crippen LogP contribution in [0.25, 0.3) is 0 Å². The van der Waals surface area contributed by atoms with Gasteiger partial charge in [-0.25, -0.2) is 0 Å². The summed E-state index contributed by atoms with van der Waals surface area (Å²) in [4.78, 5) is 0. The van der Waals surface area contributed by atoms with Gasteiger partial charge in [-0.15, -0.1) is 0 Å². The van der Waals surface area contributed by atoms with Gasteiger partial charge in [0.2, 0.25) is 0 Å². The van der Waals surface area contributed by atoms with Crippen molar-refractivity contribution in [2.24, 2.45) is 5.73 Å². The van der Waals surface area contributed by atoms with E-state index in [1.807, 2.05) is 24.3 Å². The van der Waals surface area contributed by atoms with Gasteiger partial charge in [-0.1, -0.05) is 35.3 Å². The zero-order valence-corrected chi connectivity index (χ0v) is 5.88. The van der Waals surface area contributed by atoms with Crippen LogP contribution in [0.1, 0.15) is 5.56 Å². The van der Waals surface area contributed by atoms with Gasteiger partial charge in [0.1, 0.15) is 7.85 Å². The van der Waals surface area contributed by atoms with Gasteiger partial charge in [0, 0.05) is 0 Å². The molecule has 10 heavy (non-hydrogen) atoms. The molecule has 0 amide bonds. The average molecular weight is 131 g/mol. The Labute approximate surface area is 62.7 Å². The van der Waals surface area contributed by atoms with E-state index < -0.39 is 0 Å². The van der Waals surface area contributed by atoms with Crippen LogP contribution in [-0.4, -0.2) is 14.4 Å². The lowest BCUT2D eigenvalue weighted by molar-refractivity contribution is 0.975. The largest absolute Gasteiger partial charge is 0.330 e. The van der Waals surface area contributed by atoms with E-state index in [4.69, 9.17) is 13.6 Å². The summed E-state index contributed by atoms with van der Waals surface area (Å²) in [5, 5.41) is 0. The molecule has 1 aromatic carbocycles. The van der Waals surface area contributed by atoms with E-state index in [2.05, 4.69) is 0 Å². The lowest BCUT2D eigenvalue weighted by Crippen LogP contribution is -2.13. The van der Waals surface area contributed by atoms with Gasteiger partial charge < -0.3 is 5.73 Å². The zero-order valence-electron chi connectivity index (χ0n) is 5.88. The molecule has 0 aromatic heterocycles. The monoisotopic (exact) mass is 131 g/mol. The van der Waals surface area contributed by atoms with Crippen LogP contribution in [0.2, 0.25) is 0 Å². The highest BCUT2D eigenvalue weighted by Gasteiger charge is 1.92. The van der Waals surface area contributed by atoms with Crippen molar-refractivity contribution < 1.29 is 0 Å². The summed E-state index contributed by atoms with van der Waals surface area (Å²) in [6, 6.07) is 7.80. The molecule has 1 rings (SSSR count). The molecule has 0 unspecified atom stereocenters. The average Bonchev–Trinajstić information content (AvgIpc) is 1.94. The molecule has 0 aliphatic carbocycles. The molecule has 0 bridgehead atoms. The van der Waals surface area contributed by atoms with Crippen LogP contribution in [0.3, 0.4) is 0 Å². The van der Waals surface area contributed by atoms with Gasteiger partial charge in [0.15, 0.2) is 0 Å². The first-order chi connectivity index (χ1) is 4.84. The summed E-state index contributed by atoms with van der Waals surface area (Å²) in [6.07, 6.45) is 0.868. The number of nitrogens with two attached hydrogens (primary N) is 1. The highest BCUT2D eigenvalue weighted by Crippen LogP contribution is 1.93. The molecule has 0 fully saturated rings. The second kappa shape index (κ2) is 3.42. The van der Waals surface area contributed by atoms with Gasteiger partial charge in [0.25, 0.3) is 0 Å². The molecule has 2 N–H and O–H groups in total. The lowest BCUT2D eigenvalue weighted by Gasteiger charge is -2.01. The van der Waals surface area contributed by atoms with E-state index in [-0.39, 0.29) is 0 Å². The summed E-state index contributed by atoms with van der Waals surface area (Å²) < 4.78 is 0. The molecule has 1 aromatic rings. The number of hydrogen-bond acceptors (Lipinski definition) is 1. The second-order valence-electron chi connectivity index (χ2n) is 2.24. The van der Waals surface area contributed by atoms with Crippen LogP contribution >= 0.6 is 0 Å². The van der Waals surface area contributed by atoms with Crippen molar-refractivity contribution in [2.75, 3.05) is 6.54 Å². The molecule has 50 valence electrons. The fourth-order valence-electron chi connectivity index (χ4n) is 0.917. The Morgan fingerprint density at radius 1 is 1.30 bits per heavy atom. The highest BCUT2D eigenvalue weighted by atomic mass is 14.5. The van der Waals surface area contributed by atoms with Gasteiger partial charge in [-0.05, 0) is 13.0 Å². The van der Waals surface area contributed by atoms with Gasteiger partial charge in [-0.2, -0.15) is 0 Å². The third-order valence-corrected chi connectivity index (χ3v) is 1.47. The standard InChI is InChI=1S/C8H10BN/c9-8-4-2-1-3-7(8)5-6-10/h1-4H,5-6,10H2. The van der Waals surface area contributed by atoms with Crippen LogP contribution in [0.5, 0.6) is 0 Å². The maximum absolute atomic E-state index is 5.65. The Bertz CT molecular complexity index is 210. The molecule has 1 nitrogen and oxygen atoms in total. The third-order valence-electron chi connectivity index (χ3n) is 1.47. The molecule has 0 atom stereocenters. The van der Waals surface area contributed by atoms with Crippen molar-refractivity contribution in [1.29, 1.82) is 0 Å². The van der Waals surface area contributed by atoms with E-state index in [1.165, 1.54) is 0 Å². The summed E-state index contributed by atoms with van der Waals surface area (Å²) in [5.74, 6) is 0. The molecule has 0 heterocycles. The van der Waals surface area contributed by atoms with E-state index in [0.29, 0.717) is 6.54 Å². The Morgan fingerprint density at radius 2 is 2.00 bits per heavy atom. The predicted molar refractivity (Wildman–Crippen MR) is 44.6 cm³/mol. The molecule has 2 heteroatoms. The summed E-state index contributed by atoms with van der Waals surface area (Å²) in [6.45, 7) is 0.661. The molecule has 0 aliphatic rings. The minimum atomic E-state index is 0.661. The fraction of sp³-hybridized carbons (Fsp3) is 0.250. The molecule has 0 saturated carbocycles. The Kier molecular flexibility index (Phi) is 2.52. The predicted octanol–water partition coefficient (Wildman–Crippen LogP) is -0.0184. The fourth-order valence-corrected chi connectivity index (χ4v) is 0.917. The van der Waals surface area contributed by atoms with Crippen molar-refractivity contribution in [3.63, 3.8) is 0 Å². The van der Waals surface area contributed by atoms with E-state index in [9.17, 15) is 0 Å². The highest BCUT2D eigenvalue weighted by molar-refractivity contribution is 6.33. The normalized spacial score (nSPS) is 9.70. The molecule has 0 spiro atoms. The first kappa shape index (κ1) is 7.35. The number of hydrogen-bond donors (Lipinski definition) is 1. The van der Waals surface area contributed by atoms with Crippen LogP contribution < -0.4 is 11.2 Å². The Hall–Kier alpha value is -0.755. The van der Waals surface area contributed by atoms with Crippen LogP contribution in [0.15, 0.2) is 24.3 Å². The maximum atomic E-state index is 5.65. The van der Waals surface area contributed by atoms with Crippen molar-refractivity contribution in [3.05, 3.63) is 29.8 Å². The third kappa shape index (κ3) is 1.61. The van der Waals surface area contributed by atoms with Crippen molar-refractivity contribution in [3.8, 4) is 0 Å². The van der Waals surface area contributed by atoms with Crippen LogP contribution in [0.4, 0.5) is 0 Å². The lowest BCUT2D eigenvalue weighted by atomic mass is 9.89. The topological polar surface area (TPSA) is 26.0 Å². The van der Waals surface area contributed by atoms with Crippen molar-refractivity contribution in [2.45, 2.75) is 6.42 Å². The number of benzene rings is 1. The molecule has 0 saturated heterocycles. The summed E-state index contributed by atoms with van der Waals surface area (Å²) in [5.41, 5.74) is 7.36. The molecular weight excluding hydrogens is 121 g/mol. The summed E-state index contributed by atoms with van der Waals surface area (Å²) >= 11 is 0. The first-order valence-corrected chi connectivity index (χ1v) is 3.38.